The second kappa shape index (κ2) is 6.16. The molecule has 1 atom stereocenters. The van der Waals surface area contributed by atoms with Gasteiger partial charge in [-0.1, -0.05) is 13.3 Å². The summed E-state index contributed by atoms with van der Waals surface area (Å²) in [6.45, 7) is 4.14. The molecule has 1 unspecified atom stereocenters. The van der Waals surface area contributed by atoms with Gasteiger partial charge >= 0.3 is 0 Å². The van der Waals surface area contributed by atoms with Gasteiger partial charge in [-0.25, -0.2) is 0 Å². The highest BCUT2D eigenvalue weighted by Crippen LogP contribution is 2.16. The van der Waals surface area contributed by atoms with Crippen molar-refractivity contribution < 1.29 is 4.79 Å². The average Bonchev–Trinajstić information content (AvgIpc) is 2.55. The number of likely N-dealkylation sites (tertiary alicyclic amines) is 1. The summed E-state index contributed by atoms with van der Waals surface area (Å²) >= 11 is 0. The van der Waals surface area contributed by atoms with Gasteiger partial charge in [-0.15, -0.1) is 0 Å². The molecule has 0 aromatic heterocycles. The van der Waals surface area contributed by atoms with Crippen LogP contribution in [0, 0.1) is 5.92 Å². The molecule has 3 heteroatoms. The van der Waals surface area contributed by atoms with Crippen molar-refractivity contribution in [3.8, 4) is 0 Å². The van der Waals surface area contributed by atoms with E-state index < -0.39 is 0 Å². The normalized spacial score (nSPS) is 22.5. The van der Waals surface area contributed by atoms with Crippen molar-refractivity contribution >= 4 is 6.41 Å². The minimum atomic E-state index is 0.773. The molecule has 0 aromatic rings. The molecule has 0 radical (unpaired) electrons. The molecule has 1 aliphatic rings. The number of carbonyl (C=O) groups is 1. The minimum absolute atomic E-state index is 0.773. The highest BCUT2D eigenvalue weighted by molar-refractivity contribution is 5.47. The SMILES string of the molecule is CCC1CCN(C=O)C1.CN. The van der Waals surface area contributed by atoms with Gasteiger partial charge < -0.3 is 10.6 Å². The van der Waals surface area contributed by atoms with Crippen LogP contribution in [-0.4, -0.2) is 31.4 Å². The zero-order valence-corrected chi connectivity index (χ0v) is 7.42. The number of nitrogens with two attached hydrogens (primary N) is 1. The molecule has 0 aliphatic carbocycles. The lowest BCUT2D eigenvalue weighted by Gasteiger charge is -2.06. The maximum Gasteiger partial charge on any atom is 0.209 e. The Kier molecular flexibility index (Phi) is 5.84. The summed E-state index contributed by atoms with van der Waals surface area (Å²) in [6.07, 6.45) is 3.37. The van der Waals surface area contributed by atoms with Gasteiger partial charge in [-0.3, -0.25) is 4.79 Å². The van der Waals surface area contributed by atoms with E-state index in [1.807, 2.05) is 4.90 Å². The predicted octanol–water partition coefficient (Wildman–Crippen LogP) is 0.450. The fraction of sp³-hybridized carbons (Fsp3) is 0.875. The Labute approximate surface area is 68.6 Å². The highest BCUT2D eigenvalue weighted by atomic mass is 16.1. The topological polar surface area (TPSA) is 46.3 Å². The minimum Gasteiger partial charge on any atom is -0.345 e. The Hall–Kier alpha value is -0.570. The fourth-order valence-corrected chi connectivity index (χ4v) is 1.29. The quantitative estimate of drug-likeness (QED) is 0.593. The summed E-state index contributed by atoms with van der Waals surface area (Å²) in [6, 6.07) is 0. The third-order valence-corrected chi connectivity index (χ3v) is 2.04. The molecule has 1 fully saturated rings. The van der Waals surface area contributed by atoms with Crippen LogP contribution in [0.4, 0.5) is 0 Å². The number of amides is 1. The third-order valence-electron chi connectivity index (χ3n) is 2.04. The van der Waals surface area contributed by atoms with Crippen LogP contribution < -0.4 is 5.73 Å². The van der Waals surface area contributed by atoms with E-state index in [0.717, 1.165) is 25.4 Å². The predicted molar refractivity (Wildman–Crippen MR) is 46.1 cm³/mol. The molecule has 0 spiro atoms. The largest absolute Gasteiger partial charge is 0.345 e. The second-order valence-corrected chi connectivity index (χ2v) is 2.66. The number of hydrogen-bond acceptors (Lipinski definition) is 2. The Bertz CT molecular complexity index is 106. The van der Waals surface area contributed by atoms with Crippen LogP contribution in [0.15, 0.2) is 0 Å². The maximum absolute atomic E-state index is 10.2. The molecule has 0 aromatic carbocycles. The number of rotatable bonds is 2. The van der Waals surface area contributed by atoms with E-state index >= 15 is 0 Å². The number of nitrogens with zero attached hydrogens (tertiary/aromatic N) is 1. The van der Waals surface area contributed by atoms with E-state index in [-0.39, 0.29) is 0 Å². The molecule has 0 saturated carbocycles. The van der Waals surface area contributed by atoms with Gasteiger partial charge in [0.15, 0.2) is 0 Å². The molecule has 1 amide bonds. The number of hydrogen-bond donors (Lipinski definition) is 1. The Balaban J connectivity index is 0.000000461. The summed E-state index contributed by atoms with van der Waals surface area (Å²) in [5, 5.41) is 0. The van der Waals surface area contributed by atoms with Crippen molar-refractivity contribution in [2.45, 2.75) is 19.8 Å². The molecular weight excluding hydrogens is 140 g/mol. The van der Waals surface area contributed by atoms with Crippen LogP contribution in [0.5, 0.6) is 0 Å². The zero-order valence-electron chi connectivity index (χ0n) is 7.42. The molecule has 1 aliphatic heterocycles. The van der Waals surface area contributed by atoms with Crippen LogP contribution in [0.1, 0.15) is 19.8 Å². The van der Waals surface area contributed by atoms with Crippen LogP contribution in [0.3, 0.4) is 0 Å². The lowest BCUT2D eigenvalue weighted by molar-refractivity contribution is -0.117. The fourth-order valence-electron chi connectivity index (χ4n) is 1.29. The van der Waals surface area contributed by atoms with Crippen LogP contribution >= 0.6 is 0 Å². The summed E-state index contributed by atoms with van der Waals surface area (Å²) in [5.41, 5.74) is 4.50. The Morgan fingerprint density at radius 2 is 2.27 bits per heavy atom. The standard InChI is InChI=1S/C7H13NO.CH5N/c1-2-7-3-4-8(5-7)6-9;1-2/h6-7H,2-5H2,1H3;2H2,1H3. The van der Waals surface area contributed by atoms with Gasteiger partial charge in [0.05, 0.1) is 0 Å². The van der Waals surface area contributed by atoms with E-state index in [2.05, 4.69) is 12.7 Å². The Morgan fingerprint density at radius 3 is 2.55 bits per heavy atom. The smallest absolute Gasteiger partial charge is 0.209 e. The van der Waals surface area contributed by atoms with Crippen molar-refractivity contribution in [2.75, 3.05) is 20.1 Å². The van der Waals surface area contributed by atoms with Gasteiger partial charge in [0, 0.05) is 13.1 Å². The van der Waals surface area contributed by atoms with Gasteiger partial charge in [-0.05, 0) is 19.4 Å². The highest BCUT2D eigenvalue weighted by Gasteiger charge is 2.18. The first kappa shape index (κ1) is 10.4. The van der Waals surface area contributed by atoms with Crippen molar-refractivity contribution in [1.82, 2.24) is 4.90 Å². The molecule has 1 heterocycles. The monoisotopic (exact) mass is 158 g/mol. The summed E-state index contributed by atoms with van der Waals surface area (Å²) in [7, 11) is 1.50. The van der Waals surface area contributed by atoms with Crippen LogP contribution in [-0.2, 0) is 4.79 Å². The summed E-state index contributed by atoms with van der Waals surface area (Å²) in [5.74, 6) is 0.773. The first-order chi connectivity index (χ1) is 5.36. The van der Waals surface area contributed by atoms with Gasteiger partial charge in [0.25, 0.3) is 0 Å². The molecule has 1 saturated heterocycles. The Morgan fingerprint density at radius 1 is 1.64 bits per heavy atom. The molecule has 11 heavy (non-hydrogen) atoms. The average molecular weight is 158 g/mol. The molecule has 1 rings (SSSR count). The lowest BCUT2D eigenvalue weighted by atomic mass is 10.1. The van der Waals surface area contributed by atoms with Gasteiger partial charge in [-0.2, -0.15) is 0 Å². The molecule has 0 bridgehead atoms. The van der Waals surface area contributed by atoms with Crippen molar-refractivity contribution in [3.63, 3.8) is 0 Å². The summed E-state index contributed by atoms with van der Waals surface area (Å²) in [4.78, 5) is 12.0. The zero-order chi connectivity index (χ0) is 8.69. The van der Waals surface area contributed by atoms with Crippen molar-refractivity contribution in [3.05, 3.63) is 0 Å². The van der Waals surface area contributed by atoms with Crippen LogP contribution in [0.2, 0.25) is 0 Å². The van der Waals surface area contributed by atoms with Crippen LogP contribution in [0.25, 0.3) is 0 Å². The molecule has 3 nitrogen and oxygen atoms in total. The molecule has 66 valence electrons. The molecule has 2 N–H and O–H groups in total. The molecular formula is C8H18N2O. The van der Waals surface area contributed by atoms with Gasteiger partial charge in [0.1, 0.15) is 0 Å². The van der Waals surface area contributed by atoms with Crippen molar-refractivity contribution in [1.29, 1.82) is 0 Å². The lowest BCUT2D eigenvalue weighted by Crippen LogP contribution is -2.17. The first-order valence-electron chi connectivity index (χ1n) is 4.14. The van der Waals surface area contributed by atoms with E-state index in [4.69, 9.17) is 0 Å². The van der Waals surface area contributed by atoms with E-state index in [1.165, 1.54) is 19.9 Å². The van der Waals surface area contributed by atoms with E-state index in [9.17, 15) is 4.79 Å². The summed E-state index contributed by atoms with van der Waals surface area (Å²) < 4.78 is 0. The van der Waals surface area contributed by atoms with E-state index in [1.54, 1.807) is 0 Å². The van der Waals surface area contributed by atoms with Crippen molar-refractivity contribution in [2.24, 2.45) is 11.7 Å². The second-order valence-electron chi connectivity index (χ2n) is 2.66. The first-order valence-corrected chi connectivity index (χ1v) is 4.14. The van der Waals surface area contributed by atoms with E-state index in [0.29, 0.717) is 0 Å². The van der Waals surface area contributed by atoms with Gasteiger partial charge in [0.2, 0.25) is 6.41 Å². The number of carbonyl (C=O) groups excluding carboxylic acids is 1. The third kappa shape index (κ3) is 3.37. The maximum atomic E-state index is 10.2.